The van der Waals surface area contributed by atoms with E-state index in [2.05, 4.69) is 0 Å². The fraction of sp³-hybridized carbons (Fsp3) is 0.0714. The van der Waals surface area contributed by atoms with E-state index >= 15 is 0 Å². The van der Waals surface area contributed by atoms with E-state index in [9.17, 15) is 4.79 Å². The largest absolute Gasteiger partial charge is 0.497 e. The minimum Gasteiger partial charge on any atom is -0.497 e. The van der Waals surface area contributed by atoms with Gasteiger partial charge in [-0.3, -0.25) is 4.79 Å². The van der Waals surface area contributed by atoms with Crippen LogP contribution in [0.4, 0.5) is 0 Å². The van der Waals surface area contributed by atoms with Crippen LogP contribution in [0.5, 0.6) is 5.75 Å². The first-order valence-electron chi connectivity index (χ1n) is 5.14. The van der Waals surface area contributed by atoms with Gasteiger partial charge in [0.05, 0.1) is 7.11 Å². The SMILES string of the molecule is COc1cccc(-c2ccc(C=O)cc2Cl)c1. The van der Waals surface area contributed by atoms with E-state index in [0.717, 1.165) is 23.2 Å². The normalized spacial score (nSPS) is 10.0. The van der Waals surface area contributed by atoms with Crippen molar-refractivity contribution in [3.05, 3.63) is 53.1 Å². The molecular formula is C14H11ClO2. The smallest absolute Gasteiger partial charge is 0.150 e. The Balaban J connectivity index is 2.48. The molecule has 0 fully saturated rings. The number of halogens is 1. The highest BCUT2D eigenvalue weighted by molar-refractivity contribution is 6.33. The minimum absolute atomic E-state index is 0.558. The van der Waals surface area contributed by atoms with Crippen molar-refractivity contribution >= 4 is 17.9 Å². The Morgan fingerprint density at radius 2 is 2.00 bits per heavy atom. The predicted molar refractivity (Wildman–Crippen MR) is 68.8 cm³/mol. The van der Waals surface area contributed by atoms with Crippen LogP contribution in [0.25, 0.3) is 11.1 Å². The van der Waals surface area contributed by atoms with Crippen LogP contribution in [-0.2, 0) is 0 Å². The number of benzene rings is 2. The maximum Gasteiger partial charge on any atom is 0.150 e. The van der Waals surface area contributed by atoms with Gasteiger partial charge in [0, 0.05) is 16.1 Å². The number of rotatable bonds is 3. The van der Waals surface area contributed by atoms with E-state index in [4.69, 9.17) is 16.3 Å². The summed E-state index contributed by atoms with van der Waals surface area (Å²) in [5, 5.41) is 0.558. The molecule has 0 aliphatic carbocycles. The van der Waals surface area contributed by atoms with Crippen LogP contribution in [0.2, 0.25) is 5.02 Å². The third-order valence-corrected chi connectivity index (χ3v) is 2.82. The number of hydrogen-bond acceptors (Lipinski definition) is 2. The van der Waals surface area contributed by atoms with Crippen molar-refractivity contribution in [1.82, 2.24) is 0 Å². The second-order valence-corrected chi connectivity index (χ2v) is 4.00. The number of hydrogen-bond donors (Lipinski definition) is 0. The van der Waals surface area contributed by atoms with Crippen molar-refractivity contribution < 1.29 is 9.53 Å². The van der Waals surface area contributed by atoms with Crippen molar-refractivity contribution in [3.8, 4) is 16.9 Å². The molecule has 0 N–H and O–H groups in total. The fourth-order valence-corrected chi connectivity index (χ4v) is 1.93. The molecule has 0 saturated carbocycles. The molecule has 3 heteroatoms. The average Bonchev–Trinajstić information content (AvgIpc) is 2.38. The molecular weight excluding hydrogens is 236 g/mol. The molecule has 2 rings (SSSR count). The maximum absolute atomic E-state index is 10.6. The Morgan fingerprint density at radius 1 is 1.18 bits per heavy atom. The highest BCUT2D eigenvalue weighted by Gasteiger charge is 2.05. The first-order chi connectivity index (χ1) is 8.24. The lowest BCUT2D eigenvalue weighted by Gasteiger charge is -2.07. The minimum atomic E-state index is 0.558. The number of carbonyl (C=O) groups excluding carboxylic acids is 1. The summed E-state index contributed by atoms with van der Waals surface area (Å²) in [4.78, 5) is 10.6. The van der Waals surface area contributed by atoms with Crippen LogP contribution >= 0.6 is 11.6 Å². The molecule has 0 saturated heterocycles. The summed E-state index contributed by atoms with van der Waals surface area (Å²) in [7, 11) is 1.62. The summed E-state index contributed by atoms with van der Waals surface area (Å²) in [5.74, 6) is 0.776. The summed E-state index contributed by atoms with van der Waals surface area (Å²) in [5.41, 5.74) is 2.42. The Bertz CT molecular complexity index is 550. The molecule has 2 aromatic carbocycles. The average molecular weight is 247 g/mol. The lowest BCUT2D eigenvalue weighted by molar-refractivity contribution is 0.112. The van der Waals surface area contributed by atoms with E-state index in [1.807, 2.05) is 30.3 Å². The van der Waals surface area contributed by atoms with Gasteiger partial charge in [-0.25, -0.2) is 0 Å². The zero-order valence-electron chi connectivity index (χ0n) is 9.31. The molecule has 0 aliphatic rings. The third-order valence-electron chi connectivity index (χ3n) is 2.51. The zero-order valence-corrected chi connectivity index (χ0v) is 10.1. The van der Waals surface area contributed by atoms with Gasteiger partial charge in [0.15, 0.2) is 0 Å². The molecule has 0 atom stereocenters. The van der Waals surface area contributed by atoms with E-state index < -0.39 is 0 Å². The Labute approximate surface area is 105 Å². The van der Waals surface area contributed by atoms with Crippen molar-refractivity contribution in [1.29, 1.82) is 0 Å². The van der Waals surface area contributed by atoms with Crippen LogP contribution < -0.4 is 4.74 Å². The third kappa shape index (κ3) is 2.48. The molecule has 0 spiro atoms. The first-order valence-corrected chi connectivity index (χ1v) is 5.51. The highest BCUT2D eigenvalue weighted by Crippen LogP contribution is 2.30. The molecule has 86 valence electrons. The van der Waals surface area contributed by atoms with Crippen molar-refractivity contribution in [2.75, 3.05) is 7.11 Å². The first kappa shape index (κ1) is 11.7. The van der Waals surface area contributed by atoms with E-state index in [0.29, 0.717) is 10.6 Å². The van der Waals surface area contributed by atoms with Gasteiger partial charge in [0.25, 0.3) is 0 Å². The number of methoxy groups -OCH3 is 1. The second kappa shape index (κ2) is 5.02. The molecule has 0 bridgehead atoms. The van der Waals surface area contributed by atoms with Gasteiger partial charge >= 0.3 is 0 Å². The summed E-state index contributed by atoms with van der Waals surface area (Å²) in [6, 6.07) is 12.9. The van der Waals surface area contributed by atoms with Crippen LogP contribution in [0.3, 0.4) is 0 Å². The Morgan fingerprint density at radius 3 is 2.65 bits per heavy atom. The van der Waals surface area contributed by atoms with Crippen molar-refractivity contribution in [2.24, 2.45) is 0 Å². The molecule has 0 aliphatic heterocycles. The van der Waals surface area contributed by atoms with Gasteiger partial charge in [-0.1, -0.05) is 35.9 Å². The molecule has 2 aromatic rings. The van der Waals surface area contributed by atoms with E-state index in [1.54, 1.807) is 19.2 Å². The predicted octanol–water partition coefficient (Wildman–Crippen LogP) is 3.83. The van der Waals surface area contributed by atoms with Crippen LogP contribution in [0.15, 0.2) is 42.5 Å². The van der Waals surface area contributed by atoms with Crippen LogP contribution in [-0.4, -0.2) is 13.4 Å². The number of ether oxygens (including phenoxy) is 1. The molecule has 17 heavy (non-hydrogen) atoms. The van der Waals surface area contributed by atoms with Gasteiger partial charge in [-0.15, -0.1) is 0 Å². The molecule has 0 unspecified atom stereocenters. The standard InChI is InChI=1S/C14H11ClO2/c1-17-12-4-2-3-11(8-12)13-6-5-10(9-16)7-14(13)15/h2-9H,1H3. The van der Waals surface area contributed by atoms with Gasteiger partial charge < -0.3 is 4.74 Å². The van der Waals surface area contributed by atoms with E-state index in [-0.39, 0.29) is 0 Å². The summed E-state index contributed by atoms with van der Waals surface area (Å²) in [6.45, 7) is 0. The van der Waals surface area contributed by atoms with Gasteiger partial charge in [0.1, 0.15) is 12.0 Å². The van der Waals surface area contributed by atoms with Crippen molar-refractivity contribution in [2.45, 2.75) is 0 Å². The summed E-state index contributed by atoms with van der Waals surface area (Å²) >= 11 is 6.14. The van der Waals surface area contributed by atoms with Crippen LogP contribution in [0, 0.1) is 0 Å². The summed E-state index contributed by atoms with van der Waals surface area (Å²) < 4.78 is 5.16. The summed E-state index contributed by atoms with van der Waals surface area (Å²) in [6.07, 6.45) is 0.779. The van der Waals surface area contributed by atoms with Crippen molar-refractivity contribution in [3.63, 3.8) is 0 Å². The molecule has 0 amide bonds. The highest BCUT2D eigenvalue weighted by atomic mass is 35.5. The zero-order chi connectivity index (χ0) is 12.3. The monoisotopic (exact) mass is 246 g/mol. The maximum atomic E-state index is 10.6. The Hall–Kier alpha value is -1.80. The van der Waals surface area contributed by atoms with E-state index in [1.165, 1.54) is 0 Å². The van der Waals surface area contributed by atoms with Gasteiger partial charge in [-0.05, 0) is 23.8 Å². The fourth-order valence-electron chi connectivity index (χ4n) is 1.63. The van der Waals surface area contributed by atoms with Crippen LogP contribution in [0.1, 0.15) is 10.4 Å². The molecule has 0 heterocycles. The molecule has 0 radical (unpaired) electrons. The quantitative estimate of drug-likeness (QED) is 0.770. The second-order valence-electron chi connectivity index (χ2n) is 3.59. The Kier molecular flexibility index (Phi) is 3.45. The van der Waals surface area contributed by atoms with Gasteiger partial charge in [-0.2, -0.15) is 0 Å². The number of aldehydes is 1. The van der Waals surface area contributed by atoms with Gasteiger partial charge in [0.2, 0.25) is 0 Å². The lowest BCUT2D eigenvalue weighted by Crippen LogP contribution is -1.86. The number of carbonyl (C=O) groups is 1. The molecule has 2 nitrogen and oxygen atoms in total. The topological polar surface area (TPSA) is 26.3 Å². The lowest BCUT2D eigenvalue weighted by atomic mass is 10.0. The molecule has 0 aromatic heterocycles.